The molecule has 0 atom stereocenters. The molecule has 1 aromatic carbocycles. The Balaban J connectivity index is 2.68. The van der Waals surface area contributed by atoms with Gasteiger partial charge in [0.1, 0.15) is 9.84 Å². The zero-order valence-electron chi connectivity index (χ0n) is 11.2. The van der Waals surface area contributed by atoms with Gasteiger partial charge in [0.25, 0.3) is 0 Å². The summed E-state index contributed by atoms with van der Waals surface area (Å²) in [5.41, 5.74) is 0.978. The Morgan fingerprint density at radius 3 is 2.32 bits per heavy atom. The van der Waals surface area contributed by atoms with E-state index in [0.29, 0.717) is 24.6 Å². The van der Waals surface area contributed by atoms with Crippen molar-refractivity contribution in [2.45, 2.75) is 6.54 Å². The topological polar surface area (TPSA) is 64.6 Å². The SMILES string of the molecule is COc1cc(Br)c(CNCCS(C)(=O)=O)cc1OC. The molecule has 0 unspecified atom stereocenters. The lowest BCUT2D eigenvalue weighted by Crippen LogP contribution is -2.22. The van der Waals surface area contributed by atoms with E-state index in [-0.39, 0.29) is 5.75 Å². The number of halogens is 1. The Bertz CT molecular complexity index is 531. The van der Waals surface area contributed by atoms with Gasteiger partial charge in [-0.1, -0.05) is 15.9 Å². The molecule has 0 amide bonds. The highest BCUT2D eigenvalue weighted by atomic mass is 79.9. The van der Waals surface area contributed by atoms with Gasteiger partial charge in [0.05, 0.1) is 20.0 Å². The summed E-state index contributed by atoms with van der Waals surface area (Å²) in [5.74, 6) is 1.41. The highest BCUT2D eigenvalue weighted by molar-refractivity contribution is 9.10. The fourth-order valence-electron chi connectivity index (χ4n) is 1.51. The lowest BCUT2D eigenvalue weighted by molar-refractivity contribution is 0.354. The monoisotopic (exact) mass is 351 g/mol. The molecule has 7 heteroatoms. The summed E-state index contributed by atoms with van der Waals surface area (Å²) in [6, 6.07) is 3.68. The minimum atomic E-state index is -2.93. The van der Waals surface area contributed by atoms with Crippen LogP contribution in [-0.4, -0.2) is 41.2 Å². The van der Waals surface area contributed by atoms with Gasteiger partial charge in [0, 0.05) is 23.8 Å². The lowest BCUT2D eigenvalue weighted by Gasteiger charge is -2.12. The van der Waals surface area contributed by atoms with E-state index in [9.17, 15) is 8.42 Å². The third-order valence-corrected chi connectivity index (χ3v) is 4.20. The average Bonchev–Trinajstić information content (AvgIpc) is 2.34. The minimum Gasteiger partial charge on any atom is -0.493 e. The van der Waals surface area contributed by atoms with Crippen LogP contribution in [0, 0.1) is 0 Å². The zero-order valence-corrected chi connectivity index (χ0v) is 13.6. The van der Waals surface area contributed by atoms with Crippen molar-refractivity contribution in [2.75, 3.05) is 32.8 Å². The van der Waals surface area contributed by atoms with Crippen LogP contribution in [0.1, 0.15) is 5.56 Å². The van der Waals surface area contributed by atoms with Crippen LogP contribution in [-0.2, 0) is 16.4 Å². The van der Waals surface area contributed by atoms with E-state index >= 15 is 0 Å². The van der Waals surface area contributed by atoms with Crippen molar-refractivity contribution in [1.29, 1.82) is 0 Å². The first kappa shape index (κ1) is 16.3. The van der Waals surface area contributed by atoms with E-state index in [4.69, 9.17) is 9.47 Å². The van der Waals surface area contributed by atoms with Gasteiger partial charge in [-0.15, -0.1) is 0 Å². The molecular formula is C12H18BrNO4S. The van der Waals surface area contributed by atoms with E-state index in [1.54, 1.807) is 14.2 Å². The average molecular weight is 352 g/mol. The minimum absolute atomic E-state index is 0.123. The smallest absolute Gasteiger partial charge is 0.161 e. The summed E-state index contributed by atoms with van der Waals surface area (Å²) in [6.45, 7) is 0.968. The van der Waals surface area contributed by atoms with Crippen molar-refractivity contribution >= 4 is 25.8 Å². The number of benzene rings is 1. The summed E-state index contributed by atoms with van der Waals surface area (Å²) < 4.78 is 33.3. The first-order valence-electron chi connectivity index (χ1n) is 5.66. The maximum Gasteiger partial charge on any atom is 0.161 e. The second-order valence-corrected chi connectivity index (χ2v) is 7.22. The number of rotatable bonds is 7. The summed E-state index contributed by atoms with van der Waals surface area (Å²) in [7, 11) is 0.223. The van der Waals surface area contributed by atoms with Crippen molar-refractivity contribution in [3.05, 3.63) is 22.2 Å². The third-order valence-electron chi connectivity index (χ3n) is 2.52. The van der Waals surface area contributed by atoms with E-state index in [2.05, 4.69) is 21.2 Å². The molecule has 0 fully saturated rings. The number of hydrogen-bond acceptors (Lipinski definition) is 5. The molecule has 19 heavy (non-hydrogen) atoms. The van der Waals surface area contributed by atoms with E-state index in [1.165, 1.54) is 6.26 Å². The van der Waals surface area contributed by atoms with Gasteiger partial charge in [0.15, 0.2) is 11.5 Å². The molecule has 0 aliphatic carbocycles. The van der Waals surface area contributed by atoms with Crippen molar-refractivity contribution in [2.24, 2.45) is 0 Å². The predicted octanol–water partition coefficient (Wildman–Crippen LogP) is 1.60. The van der Waals surface area contributed by atoms with Crippen LogP contribution in [0.4, 0.5) is 0 Å². The van der Waals surface area contributed by atoms with Crippen LogP contribution < -0.4 is 14.8 Å². The number of hydrogen-bond donors (Lipinski definition) is 1. The molecule has 1 rings (SSSR count). The molecule has 0 aliphatic heterocycles. The van der Waals surface area contributed by atoms with Crippen molar-refractivity contribution in [3.63, 3.8) is 0 Å². The first-order valence-corrected chi connectivity index (χ1v) is 8.51. The molecule has 5 nitrogen and oxygen atoms in total. The van der Waals surface area contributed by atoms with Gasteiger partial charge in [0.2, 0.25) is 0 Å². The second kappa shape index (κ2) is 7.12. The quantitative estimate of drug-likeness (QED) is 0.756. The van der Waals surface area contributed by atoms with Crippen molar-refractivity contribution < 1.29 is 17.9 Å². The predicted molar refractivity (Wildman–Crippen MR) is 78.7 cm³/mol. The highest BCUT2D eigenvalue weighted by Gasteiger charge is 2.09. The van der Waals surface area contributed by atoms with Crippen LogP contribution in [0.2, 0.25) is 0 Å². The maximum absolute atomic E-state index is 11.0. The Kier molecular flexibility index (Phi) is 6.09. The van der Waals surface area contributed by atoms with Gasteiger partial charge in [-0.3, -0.25) is 0 Å². The Labute approximate surface area is 122 Å². The Hall–Kier alpha value is -0.790. The molecular weight excluding hydrogens is 334 g/mol. The standard InChI is InChI=1S/C12H18BrNO4S/c1-17-11-6-9(10(13)7-12(11)18-2)8-14-4-5-19(3,15)16/h6-7,14H,4-5,8H2,1-3H3. The van der Waals surface area contributed by atoms with Gasteiger partial charge in [-0.05, 0) is 17.7 Å². The molecule has 0 heterocycles. The molecule has 0 saturated heterocycles. The van der Waals surface area contributed by atoms with E-state index in [1.807, 2.05) is 12.1 Å². The van der Waals surface area contributed by atoms with Crippen LogP contribution in [0.25, 0.3) is 0 Å². The number of ether oxygens (including phenoxy) is 2. The van der Waals surface area contributed by atoms with Crippen LogP contribution in [0.15, 0.2) is 16.6 Å². The largest absolute Gasteiger partial charge is 0.493 e. The normalized spacial score (nSPS) is 11.4. The fourth-order valence-corrected chi connectivity index (χ4v) is 2.49. The molecule has 1 aromatic rings. The molecule has 0 bridgehead atoms. The van der Waals surface area contributed by atoms with Gasteiger partial charge >= 0.3 is 0 Å². The molecule has 108 valence electrons. The van der Waals surface area contributed by atoms with Crippen molar-refractivity contribution in [1.82, 2.24) is 5.32 Å². The Morgan fingerprint density at radius 2 is 1.79 bits per heavy atom. The van der Waals surface area contributed by atoms with E-state index in [0.717, 1.165) is 10.0 Å². The molecule has 0 spiro atoms. The zero-order chi connectivity index (χ0) is 14.5. The molecule has 0 radical (unpaired) electrons. The van der Waals surface area contributed by atoms with Crippen LogP contribution in [0.3, 0.4) is 0 Å². The van der Waals surface area contributed by atoms with Crippen LogP contribution >= 0.6 is 15.9 Å². The maximum atomic E-state index is 11.0. The molecule has 0 saturated carbocycles. The summed E-state index contributed by atoms with van der Waals surface area (Å²) in [5, 5.41) is 3.08. The molecule has 0 aromatic heterocycles. The fraction of sp³-hybridized carbons (Fsp3) is 0.500. The molecule has 1 N–H and O–H groups in total. The first-order chi connectivity index (χ1) is 8.87. The van der Waals surface area contributed by atoms with Gasteiger partial charge < -0.3 is 14.8 Å². The molecule has 0 aliphatic rings. The number of sulfone groups is 1. The summed E-state index contributed by atoms with van der Waals surface area (Å²) in [4.78, 5) is 0. The van der Waals surface area contributed by atoms with Gasteiger partial charge in [-0.25, -0.2) is 8.42 Å². The number of methoxy groups -OCH3 is 2. The highest BCUT2D eigenvalue weighted by Crippen LogP contribution is 2.33. The second-order valence-electron chi connectivity index (χ2n) is 4.11. The number of nitrogens with one attached hydrogen (secondary N) is 1. The Morgan fingerprint density at radius 1 is 1.21 bits per heavy atom. The van der Waals surface area contributed by atoms with Crippen LogP contribution in [0.5, 0.6) is 11.5 Å². The summed E-state index contributed by atoms with van der Waals surface area (Å²) >= 11 is 3.45. The third kappa shape index (κ3) is 5.38. The van der Waals surface area contributed by atoms with Crippen molar-refractivity contribution in [3.8, 4) is 11.5 Å². The lowest BCUT2D eigenvalue weighted by atomic mass is 10.2. The van der Waals surface area contributed by atoms with E-state index < -0.39 is 9.84 Å². The summed E-state index contributed by atoms with van der Waals surface area (Å²) in [6.07, 6.45) is 1.22. The van der Waals surface area contributed by atoms with Gasteiger partial charge in [-0.2, -0.15) is 0 Å².